The molecule has 28 heavy (non-hydrogen) atoms. The Balaban J connectivity index is 1.54. The van der Waals surface area contributed by atoms with Gasteiger partial charge >= 0.3 is 6.09 Å². The summed E-state index contributed by atoms with van der Waals surface area (Å²) in [5.41, 5.74) is 0. The third-order valence-electron chi connectivity index (χ3n) is 5.54. The van der Waals surface area contributed by atoms with Crippen LogP contribution in [0.25, 0.3) is 0 Å². The zero-order valence-electron chi connectivity index (χ0n) is 15.7. The smallest absolute Gasteiger partial charge is 0.404 e. The van der Waals surface area contributed by atoms with Gasteiger partial charge in [-0.1, -0.05) is 18.2 Å². The number of piperidine rings is 1. The molecule has 2 amide bonds. The molecule has 0 unspecified atom stereocenters. The van der Waals surface area contributed by atoms with E-state index in [9.17, 15) is 18.0 Å². The molecule has 8 nitrogen and oxygen atoms in total. The van der Waals surface area contributed by atoms with Crippen LogP contribution in [-0.4, -0.2) is 55.0 Å². The van der Waals surface area contributed by atoms with Crippen molar-refractivity contribution in [2.75, 3.05) is 13.1 Å². The van der Waals surface area contributed by atoms with Crippen molar-refractivity contribution in [3.05, 3.63) is 30.3 Å². The predicted molar refractivity (Wildman–Crippen MR) is 103 cm³/mol. The van der Waals surface area contributed by atoms with Crippen molar-refractivity contribution in [3.8, 4) is 0 Å². The first kappa shape index (κ1) is 20.6. The van der Waals surface area contributed by atoms with Crippen LogP contribution in [0.2, 0.25) is 0 Å². The first-order chi connectivity index (χ1) is 13.4. The van der Waals surface area contributed by atoms with E-state index in [0.717, 1.165) is 12.8 Å². The average molecular weight is 410 g/mol. The second-order valence-corrected chi connectivity index (χ2v) is 9.46. The van der Waals surface area contributed by atoms with E-state index in [2.05, 4.69) is 10.6 Å². The third kappa shape index (κ3) is 5.02. The molecule has 0 radical (unpaired) electrons. The molecule has 3 rings (SSSR count). The van der Waals surface area contributed by atoms with Crippen LogP contribution in [0.15, 0.2) is 35.2 Å². The van der Waals surface area contributed by atoms with Crippen molar-refractivity contribution in [2.45, 2.75) is 55.5 Å². The van der Waals surface area contributed by atoms with E-state index in [4.69, 9.17) is 5.11 Å². The van der Waals surface area contributed by atoms with Crippen molar-refractivity contribution in [1.82, 2.24) is 14.9 Å². The highest BCUT2D eigenvalue weighted by atomic mass is 32.2. The van der Waals surface area contributed by atoms with E-state index in [1.807, 2.05) is 0 Å². The van der Waals surface area contributed by atoms with Gasteiger partial charge in [-0.05, 0) is 50.7 Å². The molecule has 1 atom stereocenters. The molecule has 1 saturated carbocycles. The molecule has 1 saturated heterocycles. The Morgan fingerprint density at radius 3 is 2.18 bits per heavy atom. The van der Waals surface area contributed by atoms with Crippen molar-refractivity contribution in [3.63, 3.8) is 0 Å². The number of carbonyl (C=O) groups is 2. The van der Waals surface area contributed by atoms with Crippen LogP contribution in [0.3, 0.4) is 0 Å². The molecule has 1 aliphatic heterocycles. The number of sulfonamides is 1. The summed E-state index contributed by atoms with van der Waals surface area (Å²) in [5, 5.41) is 14.3. The van der Waals surface area contributed by atoms with Crippen molar-refractivity contribution in [1.29, 1.82) is 0 Å². The molecule has 1 aromatic carbocycles. The van der Waals surface area contributed by atoms with E-state index >= 15 is 0 Å². The van der Waals surface area contributed by atoms with E-state index in [1.54, 1.807) is 30.3 Å². The Labute approximate surface area is 165 Å². The van der Waals surface area contributed by atoms with Crippen LogP contribution in [-0.2, 0) is 14.8 Å². The lowest BCUT2D eigenvalue weighted by Crippen LogP contribution is -2.49. The summed E-state index contributed by atoms with van der Waals surface area (Å²) in [6.07, 6.45) is 3.12. The summed E-state index contributed by atoms with van der Waals surface area (Å²) >= 11 is 0. The molecular weight excluding hydrogens is 382 g/mol. The van der Waals surface area contributed by atoms with Gasteiger partial charge in [-0.15, -0.1) is 0 Å². The number of carboxylic acid groups (broad SMARTS) is 1. The van der Waals surface area contributed by atoms with Gasteiger partial charge in [-0.2, -0.15) is 4.31 Å². The molecule has 2 aliphatic rings. The molecular formula is C19H27N3O5S. The van der Waals surface area contributed by atoms with Crippen molar-refractivity contribution in [2.24, 2.45) is 5.92 Å². The van der Waals surface area contributed by atoms with Gasteiger partial charge in [0.15, 0.2) is 0 Å². The molecule has 1 aliphatic carbocycles. The van der Waals surface area contributed by atoms with E-state index in [-0.39, 0.29) is 35.3 Å². The van der Waals surface area contributed by atoms with Crippen LogP contribution in [0, 0.1) is 5.92 Å². The lowest BCUT2D eigenvalue weighted by atomic mass is 9.90. The van der Waals surface area contributed by atoms with Gasteiger partial charge in [0.25, 0.3) is 0 Å². The number of nitrogens with one attached hydrogen (secondary N) is 2. The Kier molecular flexibility index (Phi) is 6.56. The van der Waals surface area contributed by atoms with Crippen LogP contribution < -0.4 is 10.6 Å². The van der Waals surface area contributed by atoms with Crippen LogP contribution >= 0.6 is 0 Å². The number of carbonyl (C=O) groups excluding carboxylic acids is 1. The van der Waals surface area contributed by atoms with Gasteiger partial charge in [0, 0.05) is 25.2 Å². The van der Waals surface area contributed by atoms with Gasteiger partial charge in [0.05, 0.1) is 10.8 Å². The van der Waals surface area contributed by atoms with Gasteiger partial charge < -0.3 is 15.7 Å². The Bertz CT molecular complexity index is 791. The normalized spacial score (nSPS) is 26.4. The number of hydrogen-bond acceptors (Lipinski definition) is 4. The predicted octanol–water partition coefficient (Wildman–Crippen LogP) is 1.78. The largest absolute Gasteiger partial charge is 0.465 e. The highest BCUT2D eigenvalue weighted by molar-refractivity contribution is 7.89. The summed E-state index contributed by atoms with van der Waals surface area (Å²) in [5.74, 6) is -0.468. The second kappa shape index (κ2) is 8.91. The lowest BCUT2D eigenvalue weighted by molar-refractivity contribution is -0.127. The molecule has 1 heterocycles. The first-order valence-electron chi connectivity index (χ1n) is 9.71. The fraction of sp³-hybridized carbons (Fsp3) is 0.579. The molecule has 0 aromatic heterocycles. The second-order valence-electron chi connectivity index (χ2n) is 7.52. The van der Waals surface area contributed by atoms with E-state index in [0.29, 0.717) is 32.2 Å². The van der Waals surface area contributed by atoms with E-state index in [1.165, 1.54) is 4.31 Å². The highest BCUT2D eigenvalue weighted by Gasteiger charge is 2.34. The molecule has 0 spiro atoms. The standard InChI is InChI=1S/C19H27N3O5S/c23-18(20-15-8-10-16(11-9-15)21-19(24)25)14-5-4-12-22(13-14)28(26,27)17-6-2-1-3-7-17/h1-3,6-7,14-16,21H,4-5,8-13H2,(H,20,23)(H,24,25)/t14-,15?,16?/m0/s1. The Hall–Kier alpha value is -2.13. The average Bonchev–Trinajstić information content (AvgIpc) is 2.70. The molecule has 3 N–H and O–H groups in total. The number of benzene rings is 1. The topological polar surface area (TPSA) is 116 Å². The summed E-state index contributed by atoms with van der Waals surface area (Å²) in [4.78, 5) is 23.7. The maximum absolute atomic E-state index is 12.8. The van der Waals surface area contributed by atoms with Gasteiger partial charge in [0.1, 0.15) is 0 Å². The summed E-state index contributed by atoms with van der Waals surface area (Å²) in [6, 6.07) is 8.25. The van der Waals surface area contributed by atoms with Crippen LogP contribution in [0.1, 0.15) is 38.5 Å². The van der Waals surface area contributed by atoms with Gasteiger partial charge in [-0.3, -0.25) is 4.79 Å². The zero-order chi connectivity index (χ0) is 20.1. The first-order valence-corrected chi connectivity index (χ1v) is 11.2. The Morgan fingerprint density at radius 1 is 0.964 bits per heavy atom. The number of rotatable bonds is 5. The molecule has 0 bridgehead atoms. The number of hydrogen-bond donors (Lipinski definition) is 3. The highest BCUT2D eigenvalue weighted by Crippen LogP contribution is 2.25. The third-order valence-corrected chi connectivity index (χ3v) is 7.42. The summed E-state index contributed by atoms with van der Waals surface area (Å²) in [6.45, 7) is 0.617. The summed E-state index contributed by atoms with van der Waals surface area (Å²) < 4.78 is 27.0. The monoisotopic (exact) mass is 409 g/mol. The quantitative estimate of drug-likeness (QED) is 0.686. The minimum atomic E-state index is -3.59. The maximum atomic E-state index is 12.8. The number of nitrogens with zero attached hydrogens (tertiary/aromatic N) is 1. The zero-order valence-corrected chi connectivity index (χ0v) is 16.5. The van der Waals surface area contributed by atoms with Crippen LogP contribution in [0.5, 0.6) is 0 Å². The van der Waals surface area contributed by atoms with Gasteiger partial charge in [0.2, 0.25) is 15.9 Å². The maximum Gasteiger partial charge on any atom is 0.404 e. The fourth-order valence-corrected chi connectivity index (χ4v) is 5.54. The van der Waals surface area contributed by atoms with Crippen molar-refractivity contribution >= 4 is 22.0 Å². The molecule has 154 valence electrons. The van der Waals surface area contributed by atoms with Gasteiger partial charge in [-0.25, -0.2) is 13.2 Å². The fourth-order valence-electron chi connectivity index (χ4n) is 3.99. The minimum absolute atomic E-state index is 0.0143. The van der Waals surface area contributed by atoms with Crippen molar-refractivity contribution < 1.29 is 23.1 Å². The molecule has 1 aromatic rings. The SMILES string of the molecule is O=C(O)NC1CCC(NC(=O)[C@H]2CCCN(S(=O)(=O)c3ccccc3)C2)CC1. The van der Waals surface area contributed by atoms with E-state index < -0.39 is 16.1 Å². The molecule has 9 heteroatoms. The number of amides is 2. The molecule has 2 fully saturated rings. The summed E-state index contributed by atoms with van der Waals surface area (Å²) in [7, 11) is -3.59. The Morgan fingerprint density at radius 2 is 1.57 bits per heavy atom. The lowest BCUT2D eigenvalue weighted by Gasteiger charge is -2.33. The van der Waals surface area contributed by atoms with Crippen LogP contribution in [0.4, 0.5) is 4.79 Å². The minimum Gasteiger partial charge on any atom is -0.465 e.